The number of carboxylic acid groups (broad SMARTS) is 1. The van der Waals surface area contributed by atoms with Crippen molar-refractivity contribution >= 4 is 5.97 Å². The Kier molecular flexibility index (Phi) is 4.44. The molecule has 2 rings (SSSR count). The van der Waals surface area contributed by atoms with Crippen LogP contribution in [0, 0.1) is 5.92 Å². The van der Waals surface area contributed by atoms with Gasteiger partial charge in [0.2, 0.25) is 0 Å². The summed E-state index contributed by atoms with van der Waals surface area (Å²) >= 11 is 0. The van der Waals surface area contributed by atoms with Gasteiger partial charge in [0.1, 0.15) is 5.75 Å². The highest BCUT2D eigenvalue weighted by molar-refractivity contribution is 5.88. The van der Waals surface area contributed by atoms with Crippen LogP contribution in [0.4, 0.5) is 13.2 Å². The lowest BCUT2D eigenvalue weighted by Crippen LogP contribution is -2.25. The van der Waals surface area contributed by atoms with Gasteiger partial charge in [-0.1, -0.05) is 13.3 Å². The highest BCUT2D eigenvalue weighted by Crippen LogP contribution is 2.38. The monoisotopic (exact) mass is 302 g/mol. The minimum atomic E-state index is -4.64. The van der Waals surface area contributed by atoms with Gasteiger partial charge in [-0.2, -0.15) is 13.2 Å². The Morgan fingerprint density at radius 3 is 2.62 bits per heavy atom. The first kappa shape index (κ1) is 15.7. The van der Waals surface area contributed by atoms with Gasteiger partial charge in [-0.05, 0) is 43.4 Å². The number of carbonyl (C=O) groups is 1. The van der Waals surface area contributed by atoms with Crippen molar-refractivity contribution in [3.8, 4) is 5.75 Å². The maximum Gasteiger partial charge on any atom is 0.419 e. The molecule has 3 nitrogen and oxygen atoms in total. The molecule has 0 radical (unpaired) electrons. The van der Waals surface area contributed by atoms with Gasteiger partial charge in [-0.15, -0.1) is 0 Å². The van der Waals surface area contributed by atoms with Crippen LogP contribution in [0.2, 0.25) is 0 Å². The van der Waals surface area contributed by atoms with Gasteiger partial charge in [0.25, 0.3) is 0 Å². The van der Waals surface area contributed by atoms with Crippen molar-refractivity contribution in [2.45, 2.75) is 44.9 Å². The molecule has 1 N–H and O–H groups in total. The molecule has 0 amide bonds. The molecule has 0 bridgehead atoms. The number of halogens is 3. The number of hydrogen-bond acceptors (Lipinski definition) is 2. The summed E-state index contributed by atoms with van der Waals surface area (Å²) in [6.07, 6.45) is -1.45. The van der Waals surface area contributed by atoms with E-state index in [1.807, 2.05) is 6.92 Å². The number of rotatable bonds is 3. The van der Waals surface area contributed by atoms with Crippen LogP contribution in [-0.4, -0.2) is 17.2 Å². The van der Waals surface area contributed by atoms with Crippen LogP contribution < -0.4 is 4.74 Å². The van der Waals surface area contributed by atoms with Gasteiger partial charge >= 0.3 is 12.1 Å². The van der Waals surface area contributed by atoms with Gasteiger partial charge in [0.15, 0.2) is 0 Å². The third-order valence-electron chi connectivity index (χ3n) is 3.71. The van der Waals surface area contributed by atoms with Crippen LogP contribution >= 0.6 is 0 Å². The molecule has 1 saturated carbocycles. The molecular weight excluding hydrogens is 285 g/mol. The van der Waals surface area contributed by atoms with Gasteiger partial charge in [-0.3, -0.25) is 0 Å². The Morgan fingerprint density at radius 2 is 2.05 bits per heavy atom. The summed E-state index contributed by atoms with van der Waals surface area (Å²) in [6.45, 7) is 2.05. The number of benzene rings is 1. The van der Waals surface area contributed by atoms with Crippen molar-refractivity contribution in [2.75, 3.05) is 0 Å². The smallest absolute Gasteiger partial charge is 0.419 e. The van der Waals surface area contributed by atoms with Gasteiger partial charge < -0.3 is 9.84 Å². The molecule has 116 valence electrons. The summed E-state index contributed by atoms with van der Waals surface area (Å²) in [6, 6.07) is 2.87. The van der Waals surface area contributed by atoms with Crippen molar-refractivity contribution in [3.05, 3.63) is 29.3 Å². The van der Waals surface area contributed by atoms with Crippen LogP contribution in [0.15, 0.2) is 18.2 Å². The largest absolute Gasteiger partial charge is 0.490 e. The fourth-order valence-electron chi connectivity index (χ4n) is 2.65. The third kappa shape index (κ3) is 3.89. The van der Waals surface area contributed by atoms with Crippen LogP contribution in [0.5, 0.6) is 5.75 Å². The Morgan fingerprint density at radius 1 is 1.33 bits per heavy atom. The normalized spacial score (nSPS) is 22.9. The van der Waals surface area contributed by atoms with Crippen molar-refractivity contribution in [1.82, 2.24) is 0 Å². The highest BCUT2D eigenvalue weighted by Gasteiger charge is 2.36. The van der Waals surface area contributed by atoms with Crippen molar-refractivity contribution in [1.29, 1.82) is 0 Å². The second-order valence-corrected chi connectivity index (χ2v) is 5.53. The van der Waals surface area contributed by atoms with E-state index in [1.165, 1.54) is 0 Å². The van der Waals surface area contributed by atoms with E-state index < -0.39 is 23.3 Å². The lowest BCUT2D eigenvalue weighted by atomic mass is 9.88. The first-order valence-corrected chi connectivity index (χ1v) is 6.88. The molecular formula is C15H17F3O3. The number of alkyl halides is 3. The Bertz CT molecular complexity index is 525. The van der Waals surface area contributed by atoms with Gasteiger partial charge in [0, 0.05) is 0 Å². The summed E-state index contributed by atoms with van der Waals surface area (Å²) in [4.78, 5) is 10.8. The molecule has 1 aromatic carbocycles. The summed E-state index contributed by atoms with van der Waals surface area (Å²) in [5.74, 6) is -1.25. The van der Waals surface area contributed by atoms with E-state index in [-0.39, 0.29) is 11.9 Å². The number of ether oxygens (including phenoxy) is 1. The fourth-order valence-corrected chi connectivity index (χ4v) is 2.65. The maximum absolute atomic E-state index is 13.0. The molecule has 0 aliphatic heterocycles. The lowest BCUT2D eigenvalue weighted by molar-refractivity contribution is -0.139. The van der Waals surface area contributed by atoms with Crippen molar-refractivity contribution in [3.63, 3.8) is 0 Å². The van der Waals surface area contributed by atoms with Crippen LogP contribution in [0.25, 0.3) is 0 Å². The van der Waals surface area contributed by atoms with E-state index in [0.717, 1.165) is 37.8 Å². The molecule has 0 spiro atoms. The lowest BCUT2D eigenvalue weighted by Gasteiger charge is -2.28. The molecule has 1 aromatic rings. The molecule has 0 heterocycles. The zero-order valence-corrected chi connectivity index (χ0v) is 11.6. The summed E-state index contributed by atoms with van der Waals surface area (Å²) in [5, 5.41) is 8.81. The molecule has 0 aromatic heterocycles. The second kappa shape index (κ2) is 5.95. The van der Waals surface area contributed by atoms with Crippen molar-refractivity contribution < 1.29 is 27.8 Å². The van der Waals surface area contributed by atoms with Crippen molar-refractivity contribution in [2.24, 2.45) is 5.92 Å². The second-order valence-electron chi connectivity index (χ2n) is 5.53. The zero-order chi connectivity index (χ0) is 15.6. The Hall–Kier alpha value is -1.72. The topological polar surface area (TPSA) is 46.5 Å². The van der Waals surface area contributed by atoms with Crippen LogP contribution in [0.1, 0.15) is 48.5 Å². The number of aromatic carboxylic acids is 1. The molecule has 2 unspecified atom stereocenters. The van der Waals surface area contributed by atoms with Gasteiger partial charge in [-0.25, -0.2) is 4.79 Å². The van der Waals surface area contributed by atoms with E-state index >= 15 is 0 Å². The SMILES string of the molecule is CC1CCCC(Oc2ccc(C(=O)O)cc2C(F)(F)F)C1. The minimum absolute atomic E-state index is 0.245. The summed E-state index contributed by atoms with van der Waals surface area (Å²) in [5.41, 5.74) is -1.42. The molecule has 0 saturated heterocycles. The predicted octanol–water partition coefficient (Wildman–Crippen LogP) is 4.36. The first-order valence-electron chi connectivity index (χ1n) is 6.88. The van der Waals surface area contributed by atoms with Crippen LogP contribution in [0.3, 0.4) is 0 Å². The average Bonchev–Trinajstić information content (AvgIpc) is 2.37. The minimum Gasteiger partial charge on any atom is -0.490 e. The summed E-state index contributed by atoms with van der Waals surface area (Å²) < 4.78 is 44.7. The van der Waals surface area contributed by atoms with Crippen LogP contribution in [-0.2, 0) is 6.18 Å². The van der Waals surface area contributed by atoms with E-state index in [1.54, 1.807) is 0 Å². The van der Waals surface area contributed by atoms with E-state index in [2.05, 4.69) is 0 Å². The quantitative estimate of drug-likeness (QED) is 0.902. The average molecular weight is 302 g/mol. The number of carboxylic acids is 1. The van der Waals surface area contributed by atoms with E-state index in [4.69, 9.17) is 9.84 Å². The van der Waals surface area contributed by atoms with Gasteiger partial charge in [0.05, 0.1) is 17.2 Å². The predicted molar refractivity (Wildman–Crippen MR) is 70.5 cm³/mol. The Balaban J connectivity index is 2.27. The maximum atomic E-state index is 13.0. The standard InChI is InChI=1S/C15H17F3O3/c1-9-3-2-4-11(7-9)21-13-6-5-10(14(19)20)8-12(13)15(16,17)18/h5-6,8-9,11H,2-4,7H2,1H3,(H,19,20). The third-order valence-corrected chi connectivity index (χ3v) is 3.71. The molecule has 6 heteroatoms. The molecule has 1 aliphatic carbocycles. The number of hydrogen-bond donors (Lipinski definition) is 1. The molecule has 2 atom stereocenters. The molecule has 1 aliphatic rings. The summed E-state index contributed by atoms with van der Waals surface area (Å²) in [7, 11) is 0. The Labute approximate surface area is 120 Å². The zero-order valence-electron chi connectivity index (χ0n) is 11.6. The highest BCUT2D eigenvalue weighted by atomic mass is 19.4. The molecule has 1 fully saturated rings. The van der Waals surface area contributed by atoms with E-state index in [9.17, 15) is 18.0 Å². The van der Waals surface area contributed by atoms with E-state index in [0.29, 0.717) is 12.0 Å². The molecule has 21 heavy (non-hydrogen) atoms. The first-order chi connectivity index (χ1) is 9.77. The fraction of sp³-hybridized carbons (Fsp3) is 0.533.